The Morgan fingerprint density at radius 1 is 1.21 bits per heavy atom. The topological polar surface area (TPSA) is 116 Å². The molecule has 0 spiro atoms. The van der Waals surface area contributed by atoms with E-state index in [1.54, 1.807) is 0 Å². The van der Waals surface area contributed by atoms with Crippen LogP contribution in [0.5, 0.6) is 0 Å². The molecule has 0 unspecified atom stereocenters. The molecule has 1 rings (SSSR count). The van der Waals surface area contributed by atoms with Gasteiger partial charge < -0.3 is 16.2 Å². The van der Waals surface area contributed by atoms with Crippen molar-refractivity contribution >= 4 is 23.5 Å². The lowest BCUT2D eigenvalue weighted by atomic mass is 10.2. The highest BCUT2D eigenvalue weighted by Crippen LogP contribution is 2.09. The van der Waals surface area contributed by atoms with Crippen LogP contribution in [0.2, 0.25) is 0 Å². The molecule has 0 saturated carbocycles. The first-order chi connectivity index (χ1) is 8.99. The van der Waals surface area contributed by atoms with Crippen molar-refractivity contribution in [3.63, 3.8) is 0 Å². The summed E-state index contributed by atoms with van der Waals surface area (Å²) in [5.74, 6) is -1.99. The summed E-state index contributed by atoms with van der Waals surface area (Å²) in [6.07, 6.45) is 0. The Morgan fingerprint density at radius 3 is 2.26 bits per heavy atom. The molecule has 1 aromatic rings. The van der Waals surface area contributed by atoms with Gasteiger partial charge in [-0.05, 0) is 24.3 Å². The number of methoxy groups -OCH3 is 1. The number of hydrogen-bond acceptors (Lipinski definition) is 6. The molecule has 0 fully saturated rings. The molecular weight excluding hydrogens is 250 g/mol. The maximum absolute atomic E-state index is 12.1. The summed E-state index contributed by atoms with van der Waals surface area (Å²) in [4.78, 5) is 35.7. The van der Waals surface area contributed by atoms with Crippen LogP contribution in [0.25, 0.3) is 0 Å². The number of hydrogen-bond donors (Lipinski definition) is 2. The van der Waals surface area contributed by atoms with Gasteiger partial charge in [-0.1, -0.05) is 0 Å². The van der Waals surface area contributed by atoms with Gasteiger partial charge in [-0.2, -0.15) is 0 Å². The van der Waals surface area contributed by atoms with Gasteiger partial charge in [0.25, 0.3) is 5.91 Å². The maximum atomic E-state index is 12.1. The van der Waals surface area contributed by atoms with Crippen molar-refractivity contribution < 1.29 is 19.1 Å². The molecule has 2 amide bonds. The van der Waals surface area contributed by atoms with E-state index in [1.165, 1.54) is 31.4 Å². The zero-order valence-corrected chi connectivity index (χ0v) is 10.5. The largest absolute Gasteiger partial charge is 0.468 e. The fourth-order valence-electron chi connectivity index (χ4n) is 1.36. The van der Waals surface area contributed by atoms with Gasteiger partial charge in [0, 0.05) is 11.3 Å². The molecule has 102 valence electrons. The third kappa shape index (κ3) is 3.78. The predicted molar refractivity (Wildman–Crippen MR) is 68.0 cm³/mol. The molecule has 4 N–H and O–H groups in total. The summed E-state index contributed by atoms with van der Waals surface area (Å²) < 4.78 is 4.43. The van der Waals surface area contributed by atoms with Crippen molar-refractivity contribution in [3.05, 3.63) is 29.8 Å². The van der Waals surface area contributed by atoms with E-state index in [-0.39, 0.29) is 12.1 Å². The van der Waals surface area contributed by atoms with Crippen LogP contribution in [0.1, 0.15) is 10.4 Å². The van der Waals surface area contributed by atoms with Gasteiger partial charge in [-0.25, -0.2) is 0 Å². The van der Waals surface area contributed by atoms with E-state index in [4.69, 9.17) is 11.5 Å². The first kappa shape index (κ1) is 14.7. The molecule has 0 aliphatic carbocycles. The van der Waals surface area contributed by atoms with Gasteiger partial charge in [-0.3, -0.25) is 19.3 Å². The van der Waals surface area contributed by atoms with E-state index in [1.807, 2.05) is 0 Å². The highest BCUT2D eigenvalue weighted by atomic mass is 16.5. The molecule has 19 heavy (non-hydrogen) atoms. The van der Waals surface area contributed by atoms with Gasteiger partial charge in [0.05, 0.1) is 13.7 Å². The summed E-state index contributed by atoms with van der Waals surface area (Å²) in [6, 6.07) is 5.98. The molecule has 0 aromatic heterocycles. The van der Waals surface area contributed by atoms with Crippen LogP contribution in [-0.2, 0) is 14.3 Å². The Kier molecular flexibility index (Phi) is 5.01. The molecular formula is C12H15N3O4. The minimum absolute atomic E-state index is 0.236. The number of benzene rings is 1. The molecule has 0 radical (unpaired) electrons. The van der Waals surface area contributed by atoms with E-state index in [9.17, 15) is 14.4 Å². The fourth-order valence-corrected chi connectivity index (χ4v) is 1.36. The molecule has 0 heterocycles. The normalized spacial score (nSPS) is 9.79. The minimum atomic E-state index is -0.703. The number of imide groups is 1. The Morgan fingerprint density at radius 2 is 1.79 bits per heavy atom. The zero-order chi connectivity index (χ0) is 14.4. The lowest BCUT2D eigenvalue weighted by Gasteiger charge is -2.18. The lowest BCUT2D eigenvalue weighted by Crippen LogP contribution is -2.44. The molecule has 7 heteroatoms. The second-order valence-electron chi connectivity index (χ2n) is 3.69. The quantitative estimate of drug-likeness (QED) is 0.553. The molecule has 0 atom stereocenters. The average Bonchev–Trinajstić information content (AvgIpc) is 2.43. The molecule has 7 nitrogen and oxygen atoms in total. The maximum Gasteiger partial charge on any atom is 0.325 e. The standard InChI is InChI=1S/C12H15N3O4/c1-19-11(17)7-15(10(16)6-13)12(18)8-2-4-9(14)5-3-8/h2-5H,6-7,13-14H2,1H3. The van der Waals surface area contributed by atoms with Crippen molar-refractivity contribution in [2.24, 2.45) is 5.73 Å². The minimum Gasteiger partial charge on any atom is -0.468 e. The SMILES string of the molecule is COC(=O)CN(C(=O)CN)C(=O)c1ccc(N)cc1. The number of nitrogen functional groups attached to an aromatic ring is 1. The van der Waals surface area contributed by atoms with Crippen LogP contribution in [0.4, 0.5) is 5.69 Å². The zero-order valence-electron chi connectivity index (χ0n) is 10.5. The summed E-state index contributed by atoms with van der Waals surface area (Å²) in [6.45, 7) is -0.854. The second kappa shape index (κ2) is 6.50. The van der Waals surface area contributed by atoms with Gasteiger partial charge >= 0.3 is 5.97 Å². The predicted octanol–water partition coefficient (Wildman–Crippen LogP) is -0.631. The third-order valence-corrected chi connectivity index (χ3v) is 2.39. The Hall–Kier alpha value is -2.41. The van der Waals surface area contributed by atoms with Gasteiger partial charge in [0.15, 0.2) is 0 Å². The molecule has 0 bridgehead atoms. The Balaban J connectivity index is 2.96. The van der Waals surface area contributed by atoms with E-state index in [0.29, 0.717) is 5.69 Å². The highest BCUT2D eigenvalue weighted by Gasteiger charge is 2.24. The summed E-state index contributed by atoms with van der Waals surface area (Å²) in [5.41, 5.74) is 11.4. The van der Waals surface area contributed by atoms with Gasteiger partial charge in [-0.15, -0.1) is 0 Å². The number of carbonyl (C=O) groups excluding carboxylic acids is 3. The monoisotopic (exact) mass is 265 g/mol. The smallest absolute Gasteiger partial charge is 0.325 e. The Labute approximate surface area is 110 Å². The number of esters is 1. The van der Waals surface area contributed by atoms with Crippen LogP contribution >= 0.6 is 0 Å². The number of rotatable bonds is 4. The van der Waals surface area contributed by atoms with Crippen LogP contribution < -0.4 is 11.5 Å². The van der Waals surface area contributed by atoms with Crippen molar-refractivity contribution in [2.45, 2.75) is 0 Å². The summed E-state index contributed by atoms with van der Waals surface area (Å²) >= 11 is 0. The first-order valence-electron chi connectivity index (χ1n) is 5.46. The van der Waals surface area contributed by atoms with E-state index < -0.39 is 24.3 Å². The third-order valence-electron chi connectivity index (χ3n) is 2.39. The second-order valence-corrected chi connectivity index (χ2v) is 3.69. The van der Waals surface area contributed by atoms with Crippen molar-refractivity contribution in [2.75, 3.05) is 25.9 Å². The van der Waals surface area contributed by atoms with Crippen molar-refractivity contribution in [1.82, 2.24) is 4.90 Å². The number of nitrogens with zero attached hydrogens (tertiary/aromatic N) is 1. The van der Waals surface area contributed by atoms with Gasteiger partial charge in [0.2, 0.25) is 5.91 Å². The van der Waals surface area contributed by atoms with Gasteiger partial charge in [0.1, 0.15) is 6.54 Å². The van der Waals surface area contributed by atoms with Crippen LogP contribution in [0.15, 0.2) is 24.3 Å². The van der Waals surface area contributed by atoms with Crippen molar-refractivity contribution in [1.29, 1.82) is 0 Å². The molecule has 0 aliphatic rings. The van der Waals surface area contributed by atoms with Crippen molar-refractivity contribution in [3.8, 4) is 0 Å². The molecule has 0 aliphatic heterocycles. The van der Waals surface area contributed by atoms with Crippen LogP contribution in [-0.4, -0.2) is 42.9 Å². The summed E-state index contributed by atoms with van der Waals surface area (Å²) in [7, 11) is 1.17. The fraction of sp³-hybridized carbons (Fsp3) is 0.250. The summed E-state index contributed by atoms with van der Waals surface area (Å²) in [5, 5.41) is 0. The number of carbonyl (C=O) groups is 3. The van der Waals surface area contributed by atoms with E-state index >= 15 is 0 Å². The van der Waals surface area contributed by atoms with Crippen LogP contribution in [0, 0.1) is 0 Å². The number of amides is 2. The molecule has 1 aromatic carbocycles. The number of nitrogens with two attached hydrogens (primary N) is 2. The van der Waals surface area contributed by atoms with E-state index in [2.05, 4.69) is 4.74 Å². The number of ether oxygens (including phenoxy) is 1. The lowest BCUT2D eigenvalue weighted by molar-refractivity contribution is -0.145. The Bertz CT molecular complexity index is 484. The number of anilines is 1. The first-order valence-corrected chi connectivity index (χ1v) is 5.46. The average molecular weight is 265 g/mol. The van der Waals surface area contributed by atoms with E-state index in [0.717, 1.165) is 4.90 Å². The molecule has 0 saturated heterocycles. The van der Waals surface area contributed by atoms with Crippen LogP contribution in [0.3, 0.4) is 0 Å². The highest BCUT2D eigenvalue weighted by molar-refractivity contribution is 6.07.